The lowest BCUT2D eigenvalue weighted by molar-refractivity contribution is 0.521. The minimum atomic E-state index is 0.00136. The van der Waals surface area contributed by atoms with Crippen molar-refractivity contribution >= 4 is 11.6 Å². The molecular formula is C11H13ClN4. The number of aryl methyl sites for hydroxylation is 1. The quantitative estimate of drug-likeness (QED) is 0.884. The molecule has 1 atom stereocenters. The molecule has 1 heterocycles. The molecule has 0 aliphatic rings. The van der Waals surface area contributed by atoms with Crippen molar-refractivity contribution < 1.29 is 0 Å². The number of halogens is 1. The lowest BCUT2D eigenvalue weighted by Gasteiger charge is -2.11. The number of benzene rings is 1. The Labute approximate surface area is 99.1 Å². The van der Waals surface area contributed by atoms with E-state index in [4.69, 9.17) is 17.3 Å². The van der Waals surface area contributed by atoms with E-state index in [9.17, 15) is 0 Å². The Kier molecular flexibility index (Phi) is 3.54. The summed E-state index contributed by atoms with van der Waals surface area (Å²) in [5.74, 6) is 0. The average molecular weight is 237 g/mol. The van der Waals surface area contributed by atoms with Crippen LogP contribution in [0, 0.1) is 0 Å². The van der Waals surface area contributed by atoms with Gasteiger partial charge in [0.05, 0.1) is 0 Å². The SMILES string of the molecule is NC(CCn1cncn1)c1ccc(Cl)cc1. The average Bonchev–Trinajstić information content (AvgIpc) is 2.80. The summed E-state index contributed by atoms with van der Waals surface area (Å²) in [7, 11) is 0. The molecule has 0 fully saturated rings. The van der Waals surface area contributed by atoms with Crippen LogP contribution in [-0.4, -0.2) is 14.8 Å². The van der Waals surface area contributed by atoms with E-state index in [0.717, 1.165) is 23.6 Å². The van der Waals surface area contributed by atoms with Gasteiger partial charge in [-0.05, 0) is 24.1 Å². The number of rotatable bonds is 4. The van der Waals surface area contributed by atoms with E-state index in [1.807, 2.05) is 24.3 Å². The van der Waals surface area contributed by atoms with Gasteiger partial charge in [0.25, 0.3) is 0 Å². The zero-order valence-corrected chi connectivity index (χ0v) is 9.51. The van der Waals surface area contributed by atoms with Crippen molar-refractivity contribution in [3.05, 3.63) is 47.5 Å². The summed E-state index contributed by atoms with van der Waals surface area (Å²) in [6.45, 7) is 0.768. The van der Waals surface area contributed by atoms with Gasteiger partial charge in [-0.3, -0.25) is 4.68 Å². The van der Waals surface area contributed by atoms with Gasteiger partial charge in [0.1, 0.15) is 12.7 Å². The van der Waals surface area contributed by atoms with Gasteiger partial charge in [-0.1, -0.05) is 23.7 Å². The highest BCUT2D eigenvalue weighted by molar-refractivity contribution is 6.30. The van der Waals surface area contributed by atoms with Crippen LogP contribution < -0.4 is 5.73 Å². The first-order chi connectivity index (χ1) is 7.75. The van der Waals surface area contributed by atoms with Gasteiger partial charge in [-0.15, -0.1) is 0 Å². The molecule has 5 heteroatoms. The molecule has 16 heavy (non-hydrogen) atoms. The largest absolute Gasteiger partial charge is 0.324 e. The van der Waals surface area contributed by atoms with E-state index < -0.39 is 0 Å². The second kappa shape index (κ2) is 5.09. The molecule has 4 nitrogen and oxygen atoms in total. The second-order valence-corrected chi connectivity index (χ2v) is 4.04. The van der Waals surface area contributed by atoms with E-state index in [1.165, 1.54) is 6.33 Å². The lowest BCUT2D eigenvalue weighted by atomic mass is 10.1. The first-order valence-electron chi connectivity index (χ1n) is 5.09. The summed E-state index contributed by atoms with van der Waals surface area (Å²) in [5, 5.41) is 4.75. The first-order valence-corrected chi connectivity index (χ1v) is 5.47. The Morgan fingerprint density at radius 2 is 2.06 bits per heavy atom. The molecule has 0 aliphatic heterocycles. The molecule has 2 N–H and O–H groups in total. The molecule has 0 bridgehead atoms. The molecule has 0 spiro atoms. The Hall–Kier alpha value is -1.39. The monoisotopic (exact) mass is 236 g/mol. The Morgan fingerprint density at radius 1 is 1.31 bits per heavy atom. The van der Waals surface area contributed by atoms with Crippen molar-refractivity contribution in [2.75, 3.05) is 0 Å². The Balaban J connectivity index is 1.93. The van der Waals surface area contributed by atoms with Crippen LogP contribution >= 0.6 is 11.6 Å². The van der Waals surface area contributed by atoms with Gasteiger partial charge in [-0.25, -0.2) is 4.98 Å². The molecule has 0 amide bonds. The number of aromatic nitrogens is 3. The number of hydrogen-bond acceptors (Lipinski definition) is 3. The molecule has 1 aromatic heterocycles. The smallest absolute Gasteiger partial charge is 0.137 e. The van der Waals surface area contributed by atoms with Gasteiger partial charge in [-0.2, -0.15) is 5.10 Å². The van der Waals surface area contributed by atoms with Crippen LogP contribution in [0.2, 0.25) is 5.02 Å². The van der Waals surface area contributed by atoms with Crippen molar-refractivity contribution in [3.8, 4) is 0 Å². The highest BCUT2D eigenvalue weighted by Gasteiger charge is 2.05. The fourth-order valence-electron chi connectivity index (χ4n) is 1.50. The molecule has 1 unspecified atom stereocenters. The van der Waals surface area contributed by atoms with Crippen molar-refractivity contribution in [1.82, 2.24) is 14.8 Å². The molecular weight excluding hydrogens is 224 g/mol. The molecule has 1 aromatic carbocycles. The lowest BCUT2D eigenvalue weighted by Crippen LogP contribution is -2.13. The van der Waals surface area contributed by atoms with Gasteiger partial charge in [0, 0.05) is 17.6 Å². The minimum Gasteiger partial charge on any atom is -0.324 e. The van der Waals surface area contributed by atoms with E-state index in [0.29, 0.717) is 0 Å². The highest BCUT2D eigenvalue weighted by atomic mass is 35.5. The molecule has 84 valence electrons. The van der Waals surface area contributed by atoms with Crippen LogP contribution in [0.4, 0.5) is 0 Å². The molecule has 0 aliphatic carbocycles. The second-order valence-electron chi connectivity index (χ2n) is 3.61. The van der Waals surface area contributed by atoms with Crippen molar-refractivity contribution in [1.29, 1.82) is 0 Å². The van der Waals surface area contributed by atoms with Crippen molar-refractivity contribution in [2.24, 2.45) is 5.73 Å². The zero-order valence-electron chi connectivity index (χ0n) is 8.75. The third-order valence-electron chi connectivity index (χ3n) is 2.43. The van der Waals surface area contributed by atoms with Crippen LogP contribution in [0.25, 0.3) is 0 Å². The normalized spacial score (nSPS) is 12.6. The summed E-state index contributed by atoms with van der Waals surface area (Å²) in [6, 6.07) is 7.61. The van der Waals surface area contributed by atoms with Crippen LogP contribution in [0.5, 0.6) is 0 Å². The van der Waals surface area contributed by atoms with Gasteiger partial charge in [0.2, 0.25) is 0 Å². The Bertz CT molecular complexity index is 424. The Morgan fingerprint density at radius 3 is 2.69 bits per heavy atom. The number of nitrogens with two attached hydrogens (primary N) is 1. The van der Waals surface area contributed by atoms with E-state index in [2.05, 4.69) is 10.1 Å². The predicted octanol–water partition coefficient (Wildman–Crippen LogP) is 2.02. The third-order valence-corrected chi connectivity index (χ3v) is 2.69. The fraction of sp³-hybridized carbons (Fsp3) is 0.273. The summed E-state index contributed by atoms with van der Waals surface area (Å²) < 4.78 is 1.77. The summed E-state index contributed by atoms with van der Waals surface area (Å²) >= 11 is 5.81. The topological polar surface area (TPSA) is 56.7 Å². The van der Waals surface area contributed by atoms with Crippen LogP contribution in [0.1, 0.15) is 18.0 Å². The van der Waals surface area contributed by atoms with Gasteiger partial charge < -0.3 is 5.73 Å². The van der Waals surface area contributed by atoms with Gasteiger partial charge in [0.15, 0.2) is 0 Å². The summed E-state index contributed by atoms with van der Waals surface area (Å²) in [4.78, 5) is 3.88. The van der Waals surface area contributed by atoms with Crippen LogP contribution in [0.3, 0.4) is 0 Å². The number of hydrogen-bond donors (Lipinski definition) is 1. The summed E-state index contributed by atoms with van der Waals surface area (Å²) in [6.07, 6.45) is 4.04. The maximum atomic E-state index is 6.06. The van der Waals surface area contributed by atoms with Crippen LogP contribution in [0.15, 0.2) is 36.9 Å². The molecule has 2 rings (SSSR count). The molecule has 0 radical (unpaired) electrons. The standard InChI is InChI=1S/C11H13ClN4/c12-10-3-1-9(2-4-10)11(13)5-6-16-8-14-7-15-16/h1-4,7-8,11H,5-6,13H2. The maximum absolute atomic E-state index is 6.06. The predicted molar refractivity (Wildman–Crippen MR) is 63.0 cm³/mol. The highest BCUT2D eigenvalue weighted by Crippen LogP contribution is 2.17. The fourth-order valence-corrected chi connectivity index (χ4v) is 1.62. The first kappa shape index (κ1) is 11.1. The molecule has 0 saturated heterocycles. The van der Waals surface area contributed by atoms with Crippen LogP contribution in [-0.2, 0) is 6.54 Å². The van der Waals surface area contributed by atoms with E-state index in [-0.39, 0.29) is 6.04 Å². The summed E-state index contributed by atoms with van der Waals surface area (Å²) in [5.41, 5.74) is 7.14. The van der Waals surface area contributed by atoms with Gasteiger partial charge >= 0.3 is 0 Å². The maximum Gasteiger partial charge on any atom is 0.137 e. The zero-order chi connectivity index (χ0) is 11.4. The van der Waals surface area contributed by atoms with E-state index in [1.54, 1.807) is 11.0 Å². The van der Waals surface area contributed by atoms with E-state index >= 15 is 0 Å². The van der Waals surface area contributed by atoms with Crippen molar-refractivity contribution in [2.45, 2.75) is 19.0 Å². The number of nitrogens with zero attached hydrogens (tertiary/aromatic N) is 3. The molecule has 2 aromatic rings. The minimum absolute atomic E-state index is 0.00136. The van der Waals surface area contributed by atoms with Crippen molar-refractivity contribution in [3.63, 3.8) is 0 Å². The third kappa shape index (κ3) is 2.81. The molecule has 0 saturated carbocycles.